The number of carbonyl (C=O) groups is 2. The van der Waals surface area contributed by atoms with Gasteiger partial charge in [0, 0.05) is 16.6 Å². The molecule has 25 heavy (non-hydrogen) atoms. The van der Waals surface area contributed by atoms with E-state index < -0.39 is 5.97 Å². The maximum absolute atomic E-state index is 12.5. The number of carbonyl (C=O) groups excluding carboxylic acids is 2. The first kappa shape index (κ1) is 16.8. The number of methoxy groups -OCH3 is 1. The van der Waals surface area contributed by atoms with Crippen LogP contribution >= 0.6 is 0 Å². The first-order chi connectivity index (χ1) is 12.0. The van der Waals surface area contributed by atoms with Crippen LogP contribution in [0.4, 0.5) is 5.69 Å². The molecule has 0 radical (unpaired) electrons. The smallest absolute Gasteiger partial charge is 0.337 e. The number of amides is 1. The molecule has 0 fully saturated rings. The summed E-state index contributed by atoms with van der Waals surface area (Å²) < 4.78 is 10.4. The van der Waals surface area contributed by atoms with Crippen molar-refractivity contribution in [2.45, 2.75) is 20.3 Å². The second-order valence-electron chi connectivity index (χ2n) is 5.76. The van der Waals surface area contributed by atoms with Gasteiger partial charge in [-0.05, 0) is 55.3 Å². The third-order valence-corrected chi connectivity index (χ3v) is 4.18. The zero-order valence-corrected chi connectivity index (χ0v) is 14.4. The summed E-state index contributed by atoms with van der Waals surface area (Å²) in [7, 11) is 1.33. The molecule has 5 heteroatoms. The summed E-state index contributed by atoms with van der Waals surface area (Å²) >= 11 is 0. The molecule has 1 N–H and O–H groups in total. The lowest BCUT2D eigenvalue weighted by Crippen LogP contribution is -2.12. The topological polar surface area (TPSA) is 68.5 Å². The van der Waals surface area contributed by atoms with E-state index >= 15 is 0 Å². The number of fused-ring (bicyclic) bond motifs is 1. The molecule has 128 valence electrons. The Hall–Kier alpha value is -3.08. The quantitative estimate of drug-likeness (QED) is 0.719. The number of hydrogen-bond acceptors (Lipinski definition) is 4. The fraction of sp³-hybridized carbons (Fsp3) is 0.200. The highest BCUT2D eigenvalue weighted by Crippen LogP contribution is 2.27. The fourth-order valence-electron chi connectivity index (χ4n) is 2.70. The van der Waals surface area contributed by atoms with Crippen LogP contribution in [0.15, 0.2) is 46.9 Å². The van der Waals surface area contributed by atoms with Crippen LogP contribution in [0.1, 0.15) is 39.0 Å². The standard InChI is InChI=1S/C20H19NO4/c1-4-13-5-10-17-16(11-13)12(2)18(25-17)19(22)21-15-8-6-14(7-9-15)20(23)24-3/h5-11H,4H2,1-3H3,(H,21,22). The van der Waals surface area contributed by atoms with Gasteiger partial charge >= 0.3 is 5.97 Å². The second kappa shape index (κ2) is 6.81. The summed E-state index contributed by atoms with van der Waals surface area (Å²) in [5.41, 5.74) is 3.70. The minimum Gasteiger partial charge on any atom is -0.465 e. The molecule has 0 aliphatic heterocycles. The Morgan fingerprint density at radius 1 is 1.12 bits per heavy atom. The van der Waals surface area contributed by atoms with E-state index in [-0.39, 0.29) is 5.91 Å². The molecular weight excluding hydrogens is 318 g/mol. The summed E-state index contributed by atoms with van der Waals surface area (Å²) in [5, 5.41) is 3.74. The highest BCUT2D eigenvalue weighted by Gasteiger charge is 2.18. The second-order valence-corrected chi connectivity index (χ2v) is 5.76. The lowest BCUT2D eigenvalue weighted by Gasteiger charge is -2.05. The molecule has 3 rings (SSSR count). The molecule has 5 nitrogen and oxygen atoms in total. The zero-order chi connectivity index (χ0) is 18.0. The van der Waals surface area contributed by atoms with Crippen molar-refractivity contribution >= 4 is 28.5 Å². The number of furan rings is 1. The van der Waals surface area contributed by atoms with Crippen LogP contribution in [0, 0.1) is 6.92 Å². The average molecular weight is 337 g/mol. The van der Waals surface area contributed by atoms with Gasteiger partial charge in [0.1, 0.15) is 5.58 Å². The van der Waals surface area contributed by atoms with E-state index in [9.17, 15) is 9.59 Å². The number of rotatable bonds is 4. The van der Waals surface area contributed by atoms with E-state index in [1.165, 1.54) is 12.7 Å². The Morgan fingerprint density at radius 3 is 2.48 bits per heavy atom. The van der Waals surface area contributed by atoms with Gasteiger partial charge in [-0.2, -0.15) is 0 Å². The molecule has 1 heterocycles. The van der Waals surface area contributed by atoms with Gasteiger partial charge in [-0.25, -0.2) is 4.79 Å². The highest BCUT2D eigenvalue weighted by atomic mass is 16.5. The summed E-state index contributed by atoms with van der Waals surface area (Å²) in [6, 6.07) is 12.4. The lowest BCUT2D eigenvalue weighted by atomic mass is 10.1. The van der Waals surface area contributed by atoms with Crippen molar-refractivity contribution in [1.29, 1.82) is 0 Å². The molecule has 3 aromatic rings. The monoisotopic (exact) mass is 337 g/mol. The molecule has 0 unspecified atom stereocenters. The van der Waals surface area contributed by atoms with Gasteiger partial charge in [0.2, 0.25) is 0 Å². The first-order valence-electron chi connectivity index (χ1n) is 8.05. The van der Waals surface area contributed by atoms with Gasteiger partial charge < -0.3 is 14.5 Å². The normalized spacial score (nSPS) is 10.7. The first-order valence-corrected chi connectivity index (χ1v) is 8.05. The molecule has 0 aliphatic carbocycles. The summed E-state index contributed by atoms with van der Waals surface area (Å²) in [6.45, 7) is 3.96. The number of esters is 1. The SMILES string of the molecule is CCc1ccc2oc(C(=O)Nc3ccc(C(=O)OC)cc3)c(C)c2c1. The van der Waals surface area contributed by atoms with E-state index in [4.69, 9.17) is 4.42 Å². The third-order valence-electron chi connectivity index (χ3n) is 4.18. The Kier molecular flexibility index (Phi) is 4.57. The van der Waals surface area contributed by atoms with Gasteiger partial charge in [0.25, 0.3) is 5.91 Å². The number of benzene rings is 2. The largest absolute Gasteiger partial charge is 0.465 e. The summed E-state index contributed by atoms with van der Waals surface area (Å²) in [5.74, 6) is -0.449. The van der Waals surface area contributed by atoms with Crippen LogP contribution in [0.5, 0.6) is 0 Å². The van der Waals surface area contributed by atoms with E-state index in [1.807, 2.05) is 19.1 Å². The summed E-state index contributed by atoms with van der Waals surface area (Å²) in [6.07, 6.45) is 0.925. The van der Waals surface area contributed by atoms with Crippen LogP contribution in [-0.2, 0) is 11.2 Å². The van der Waals surface area contributed by atoms with Crippen molar-refractivity contribution in [3.8, 4) is 0 Å². The molecule has 2 aromatic carbocycles. The number of aryl methyl sites for hydroxylation is 2. The molecule has 1 amide bonds. The molecule has 0 saturated carbocycles. The Morgan fingerprint density at radius 2 is 1.84 bits per heavy atom. The van der Waals surface area contributed by atoms with Crippen molar-refractivity contribution in [3.63, 3.8) is 0 Å². The Bertz CT molecular complexity index is 938. The van der Waals surface area contributed by atoms with Crippen molar-refractivity contribution in [3.05, 3.63) is 64.9 Å². The number of nitrogens with one attached hydrogen (secondary N) is 1. The fourth-order valence-corrected chi connectivity index (χ4v) is 2.70. The van der Waals surface area contributed by atoms with E-state index in [0.717, 1.165) is 17.4 Å². The zero-order valence-electron chi connectivity index (χ0n) is 14.4. The predicted molar refractivity (Wildman–Crippen MR) is 96.1 cm³/mol. The molecule has 0 aliphatic rings. The van der Waals surface area contributed by atoms with Crippen LogP contribution < -0.4 is 5.32 Å². The minimum absolute atomic E-state index is 0.292. The van der Waals surface area contributed by atoms with Gasteiger partial charge in [-0.15, -0.1) is 0 Å². The molecule has 0 bridgehead atoms. The number of ether oxygens (including phenoxy) is 1. The predicted octanol–water partition coefficient (Wildman–Crippen LogP) is 4.34. The molecule has 0 saturated heterocycles. The number of anilines is 1. The van der Waals surface area contributed by atoms with E-state index in [1.54, 1.807) is 24.3 Å². The van der Waals surface area contributed by atoms with Crippen LogP contribution in [0.2, 0.25) is 0 Å². The maximum Gasteiger partial charge on any atom is 0.337 e. The van der Waals surface area contributed by atoms with Gasteiger partial charge in [-0.1, -0.05) is 13.0 Å². The van der Waals surface area contributed by atoms with Crippen LogP contribution in [0.3, 0.4) is 0 Å². The third kappa shape index (κ3) is 3.26. The molecule has 1 aromatic heterocycles. The average Bonchev–Trinajstić information content (AvgIpc) is 2.98. The van der Waals surface area contributed by atoms with Gasteiger partial charge in [0.05, 0.1) is 12.7 Å². The van der Waals surface area contributed by atoms with Crippen molar-refractivity contribution in [1.82, 2.24) is 0 Å². The molecule has 0 atom stereocenters. The number of hydrogen-bond donors (Lipinski definition) is 1. The van der Waals surface area contributed by atoms with Crippen molar-refractivity contribution in [2.24, 2.45) is 0 Å². The van der Waals surface area contributed by atoms with E-state index in [0.29, 0.717) is 22.6 Å². The Labute approximate surface area is 145 Å². The van der Waals surface area contributed by atoms with E-state index in [2.05, 4.69) is 23.0 Å². The minimum atomic E-state index is -0.419. The van der Waals surface area contributed by atoms with Crippen LogP contribution in [-0.4, -0.2) is 19.0 Å². The Balaban J connectivity index is 1.85. The molecular formula is C20H19NO4. The van der Waals surface area contributed by atoms with Gasteiger partial charge in [-0.3, -0.25) is 4.79 Å². The van der Waals surface area contributed by atoms with Crippen LogP contribution in [0.25, 0.3) is 11.0 Å². The van der Waals surface area contributed by atoms with Crippen molar-refractivity contribution < 1.29 is 18.7 Å². The maximum atomic E-state index is 12.5. The molecule has 0 spiro atoms. The lowest BCUT2D eigenvalue weighted by molar-refractivity contribution is 0.0600. The highest BCUT2D eigenvalue weighted by molar-refractivity contribution is 6.06. The summed E-state index contributed by atoms with van der Waals surface area (Å²) in [4.78, 5) is 24.0. The van der Waals surface area contributed by atoms with Crippen molar-refractivity contribution in [2.75, 3.05) is 12.4 Å². The van der Waals surface area contributed by atoms with Gasteiger partial charge in [0.15, 0.2) is 5.76 Å².